The number of thioether (sulfide) groups is 1. The number of carbonyl (C=O) groups is 1. The third-order valence-electron chi connectivity index (χ3n) is 6.28. The van der Waals surface area contributed by atoms with E-state index in [0.29, 0.717) is 28.9 Å². The highest BCUT2D eigenvalue weighted by molar-refractivity contribution is 8.05. The zero-order chi connectivity index (χ0) is 23.9. The molecule has 1 unspecified atom stereocenters. The summed E-state index contributed by atoms with van der Waals surface area (Å²) in [5.74, 6) is 1.63. The molecule has 7 heteroatoms. The monoisotopic (exact) mass is 477 g/mol. The largest absolute Gasteiger partial charge is 0.490 e. The van der Waals surface area contributed by atoms with Gasteiger partial charge in [-0.15, -0.1) is 0 Å². The number of nitrogens with one attached hydrogen (secondary N) is 1. The van der Waals surface area contributed by atoms with Crippen molar-refractivity contribution in [2.75, 3.05) is 18.5 Å². The number of rotatable bonds is 8. The first kappa shape index (κ1) is 24.0. The lowest BCUT2D eigenvalue weighted by atomic mass is 9.85. The molecule has 1 amide bonds. The van der Waals surface area contributed by atoms with Gasteiger partial charge in [0, 0.05) is 11.7 Å². The zero-order valence-electron chi connectivity index (χ0n) is 19.7. The van der Waals surface area contributed by atoms with Crippen molar-refractivity contribution in [3.8, 4) is 17.6 Å². The van der Waals surface area contributed by atoms with Gasteiger partial charge < -0.3 is 19.7 Å². The van der Waals surface area contributed by atoms with E-state index < -0.39 is 0 Å². The van der Waals surface area contributed by atoms with Crippen molar-refractivity contribution in [3.63, 3.8) is 0 Å². The molecule has 2 aromatic rings. The quantitative estimate of drug-likeness (QED) is 0.479. The van der Waals surface area contributed by atoms with Gasteiger partial charge in [-0.05, 0) is 61.6 Å². The average Bonchev–Trinajstić information content (AvgIpc) is 3.14. The van der Waals surface area contributed by atoms with E-state index >= 15 is 0 Å². The van der Waals surface area contributed by atoms with Crippen LogP contribution in [0.1, 0.15) is 45.1 Å². The smallest absolute Gasteiger partial charge is 0.262 e. The van der Waals surface area contributed by atoms with E-state index in [1.807, 2.05) is 61.5 Å². The molecule has 2 fully saturated rings. The van der Waals surface area contributed by atoms with Crippen molar-refractivity contribution in [2.24, 2.45) is 5.92 Å². The molecule has 34 heavy (non-hydrogen) atoms. The molecule has 1 N–H and O–H groups in total. The van der Waals surface area contributed by atoms with Crippen molar-refractivity contribution < 1.29 is 14.3 Å². The number of nitrogens with zero attached hydrogens (tertiary/aromatic N) is 2. The SMILES string of the molecule is CCOc1cc(/C=C2\SC(Nc3ccccc3)N([C@H]3CCCC[C@@H]3C)C2=O)ccc1OCC#N. The molecule has 1 aliphatic heterocycles. The molecule has 6 nitrogen and oxygen atoms in total. The lowest BCUT2D eigenvalue weighted by Gasteiger charge is -2.39. The van der Waals surface area contributed by atoms with Crippen LogP contribution in [0.25, 0.3) is 6.08 Å². The minimum absolute atomic E-state index is 0.0454. The molecule has 2 aliphatic rings. The number of anilines is 1. The first-order chi connectivity index (χ1) is 16.6. The standard InChI is InChI=1S/C27H31N3O3S/c1-3-32-24-17-20(13-14-23(24)33-16-15-28)18-25-26(31)30(22-12-8-7-9-19(22)2)27(34-25)29-21-10-5-4-6-11-21/h4-6,10-11,13-14,17-19,22,27,29H,3,7-9,12,16H2,1-2H3/b25-18-/t19-,22-,27?/m0/s1. The van der Waals surface area contributed by atoms with Crippen LogP contribution in [0.3, 0.4) is 0 Å². The lowest BCUT2D eigenvalue weighted by molar-refractivity contribution is -0.129. The number of benzene rings is 2. The summed E-state index contributed by atoms with van der Waals surface area (Å²) in [5, 5.41) is 12.4. The number of hydrogen-bond acceptors (Lipinski definition) is 6. The van der Waals surface area contributed by atoms with Gasteiger partial charge in [-0.2, -0.15) is 5.26 Å². The van der Waals surface area contributed by atoms with Crippen LogP contribution in [0.15, 0.2) is 53.4 Å². The molecule has 4 rings (SSSR count). The van der Waals surface area contributed by atoms with Gasteiger partial charge in [0.05, 0.1) is 11.5 Å². The molecule has 1 saturated carbocycles. The first-order valence-corrected chi connectivity index (χ1v) is 12.8. The number of amides is 1. The summed E-state index contributed by atoms with van der Waals surface area (Å²) in [5.41, 5.74) is 1.71. The Morgan fingerprint density at radius 3 is 2.68 bits per heavy atom. The summed E-state index contributed by atoms with van der Waals surface area (Å²) >= 11 is 1.56. The molecule has 2 aromatic carbocycles. The summed E-state index contributed by atoms with van der Waals surface area (Å²) < 4.78 is 11.2. The zero-order valence-corrected chi connectivity index (χ0v) is 20.5. The van der Waals surface area contributed by atoms with E-state index in [2.05, 4.69) is 17.1 Å². The molecular formula is C27H31N3O3S. The Bertz CT molecular complexity index is 1070. The van der Waals surface area contributed by atoms with Crippen LogP contribution in [0, 0.1) is 17.2 Å². The molecule has 3 atom stereocenters. The predicted molar refractivity (Wildman–Crippen MR) is 136 cm³/mol. The van der Waals surface area contributed by atoms with Crippen LogP contribution in [-0.2, 0) is 4.79 Å². The second-order valence-corrected chi connectivity index (χ2v) is 9.74. The van der Waals surface area contributed by atoms with Gasteiger partial charge in [0.2, 0.25) is 0 Å². The fourth-order valence-electron chi connectivity index (χ4n) is 4.63. The Balaban J connectivity index is 1.63. The van der Waals surface area contributed by atoms with Gasteiger partial charge in [0.1, 0.15) is 6.07 Å². The maximum absolute atomic E-state index is 13.7. The minimum atomic E-state index is -0.156. The van der Waals surface area contributed by atoms with Crippen LogP contribution in [-0.4, -0.2) is 35.6 Å². The third-order valence-corrected chi connectivity index (χ3v) is 7.40. The molecule has 0 spiro atoms. The average molecular weight is 478 g/mol. The number of carbonyl (C=O) groups excluding carboxylic acids is 1. The van der Waals surface area contributed by atoms with E-state index in [1.165, 1.54) is 6.42 Å². The van der Waals surface area contributed by atoms with Crippen molar-refractivity contribution in [2.45, 2.75) is 51.1 Å². The first-order valence-electron chi connectivity index (χ1n) is 11.9. The topological polar surface area (TPSA) is 74.6 Å². The summed E-state index contributed by atoms with van der Waals surface area (Å²) in [4.78, 5) is 16.4. The highest BCUT2D eigenvalue weighted by atomic mass is 32.2. The van der Waals surface area contributed by atoms with Crippen molar-refractivity contribution in [1.82, 2.24) is 4.90 Å². The Kier molecular flexibility index (Phi) is 8.02. The lowest BCUT2D eigenvalue weighted by Crippen LogP contribution is -2.48. The highest BCUT2D eigenvalue weighted by Gasteiger charge is 2.42. The number of ether oxygens (including phenoxy) is 2. The van der Waals surface area contributed by atoms with E-state index in [-0.39, 0.29) is 24.1 Å². The summed E-state index contributed by atoms with van der Waals surface area (Å²) in [6.45, 7) is 4.60. The van der Waals surface area contributed by atoms with Crippen LogP contribution in [0.2, 0.25) is 0 Å². The Hall–Kier alpha value is -3.11. The predicted octanol–water partition coefficient (Wildman–Crippen LogP) is 5.88. The number of nitriles is 1. The summed E-state index contributed by atoms with van der Waals surface area (Å²) in [7, 11) is 0. The van der Waals surface area contributed by atoms with Crippen molar-refractivity contribution >= 4 is 29.4 Å². The Morgan fingerprint density at radius 1 is 1.15 bits per heavy atom. The maximum atomic E-state index is 13.7. The second-order valence-electron chi connectivity index (χ2n) is 8.62. The maximum Gasteiger partial charge on any atom is 0.262 e. The Morgan fingerprint density at radius 2 is 1.94 bits per heavy atom. The molecule has 0 radical (unpaired) electrons. The van der Waals surface area contributed by atoms with Gasteiger partial charge in [0.25, 0.3) is 5.91 Å². The van der Waals surface area contributed by atoms with Crippen molar-refractivity contribution in [3.05, 3.63) is 59.0 Å². The molecule has 0 aromatic heterocycles. The molecule has 1 heterocycles. The third kappa shape index (κ3) is 5.51. The number of hydrogen-bond donors (Lipinski definition) is 1. The van der Waals surface area contributed by atoms with Gasteiger partial charge in [-0.1, -0.05) is 55.8 Å². The van der Waals surface area contributed by atoms with Crippen LogP contribution in [0.4, 0.5) is 5.69 Å². The van der Waals surface area contributed by atoms with Crippen LogP contribution < -0.4 is 14.8 Å². The number of para-hydroxylation sites is 1. The van der Waals surface area contributed by atoms with Crippen LogP contribution in [0.5, 0.6) is 11.5 Å². The van der Waals surface area contributed by atoms with E-state index in [0.717, 1.165) is 30.5 Å². The van der Waals surface area contributed by atoms with Crippen LogP contribution >= 0.6 is 11.8 Å². The van der Waals surface area contributed by atoms with Gasteiger partial charge in [0.15, 0.2) is 23.6 Å². The van der Waals surface area contributed by atoms with Crippen molar-refractivity contribution in [1.29, 1.82) is 5.26 Å². The highest BCUT2D eigenvalue weighted by Crippen LogP contribution is 2.42. The van der Waals surface area contributed by atoms with Gasteiger partial charge >= 0.3 is 0 Å². The molecule has 0 bridgehead atoms. The molecule has 178 valence electrons. The normalized spacial score (nSPS) is 23.6. The van der Waals surface area contributed by atoms with Gasteiger partial charge in [-0.25, -0.2) is 0 Å². The molecule has 1 aliphatic carbocycles. The van der Waals surface area contributed by atoms with E-state index in [9.17, 15) is 4.79 Å². The Labute approximate surface area is 205 Å². The molecular weight excluding hydrogens is 446 g/mol. The second kappa shape index (κ2) is 11.3. The minimum Gasteiger partial charge on any atom is -0.490 e. The van der Waals surface area contributed by atoms with Gasteiger partial charge in [-0.3, -0.25) is 4.79 Å². The fourth-order valence-corrected chi connectivity index (χ4v) is 5.84. The summed E-state index contributed by atoms with van der Waals surface area (Å²) in [6, 6.07) is 17.8. The summed E-state index contributed by atoms with van der Waals surface area (Å²) in [6.07, 6.45) is 6.50. The fraction of sp³-hybridized carbons (Fsp3) is 0.407. The molecule has 1 saturated heterocycles. The van der Waals surface area contributed by atoms with E-state index in [1.54, 1.807) is 17.8 Å². The van der Waals surface area contributed by atoms with E-state index in [4.69, 9.17) is 14.7 Å².